The van der Waals surface area contributed by atoms with E-state index in [0.29, 0.717) is 6.04 Å². The van der Waals surface area contributed by atoms with E-state index in [-0.39, 0.29) is 0 Å². The van der Waals surface area contributed by atoms with Gasteiger partial charge >= 0.3 is 0 Å². The van der Waals surface area contributed by atoms with E-state index in [4.69, 9.17) is 0 Å². The van der Waals surface area contributed by atoms with Gasteiger partial charge < -0.3 is 4.90 Å². The number of anilines is 1. The average molecular weight is 269 g/mol. The van der Waals surface area contributed by atoms with Crippen molar-refractivity contribution in [1.82, 2.24) is 4.98 Å². The van der Waals surface area contributed by atoms with Crippen molar-refractivity contribution >= 4 is 21.7 Å². The van der Waals surface area contributed by atoms with Crippen molar-refractivity contribution in [2.45, 2.75) is 38.1 Å². The molecule has 1 heterocycles. The van der Waals surface area contributed by atoms with E-state index in [9.17, 15) is 0 Å². The highest BCUT2D eigenvalue weighted by molar-refractivity contribution is 9.10. The standard InChI is InChI=1S/C12H17BrN2/c1-15(10-6-3-2-4-7-10)12-9-5-8-11(13)14-12/h5,8-10H,2-4,6-7H2,1H3. The Morgan fingerprint density at radius 1 is 1.27 bits per heavy atom. The van der Waals surface area contributed by atoms with Gasteiger partial charge in [-0.3, -0.25) is 0 Å². The van der Waals surface area contributed by atoms with E-state index < -0.39 is 0 Å². The number of halogens is 1. The van der Waals surface area contributed by atoms with Crippen LogP contribution in [0.1, 0.15) is 32.1 Å². The van der Waals surface area contributed by atoms with Crippen LogP contribution in [0.25, 0.3) is 0 Å². The van der Waals surface area contributed by atoms with Gasteiger partial charge in [-0.25, -0.2) is 4.98 Å². The van der Waals surface area contributed by atoms with E-state index in [1.807, 2.05) is 12.1 Å². The summed E-state index contributed by atoms with van der Waals surface area (Å²) in [5.41, 5.74) is 0. The van der Waals surface area contributed by atoms with E-state index >= 15 is 0 Å². The maximum absolute atomic E-state index is 4.49. The Kier molecular flexibility index (Phi) is 3.62. The summed E-state index contributed by atoms with van der Waals surface area (Å²) in [6, 6.07) is 6.78. The molecule has 0 aromatic carbocycles. The summed E-state index contributed by atoms with van der Waals surface area (Å²) >= 11 is 3.42. The van der Waals surface area contributed by atoms with Gasteiger partial charge in [0.05, 0.1) is 0 Å². The molecule has 2 nitrogen and oxygen atoms in total. The minimum absolute atomic E-state index is 0.681. The SMILES string of the molecule is CN(c1cccc(Br)n1)C1CCCCC1. The summed E-state index contributed by atoms with van der Waals surface area (Å²) in [7, 11) is 2.16. The number of aromatic nitrogens is 1. The van der Waals surface area contributed by atoms with Crippen LogP contribution in [0, 0.1) is 0 Å². The van der Waals surface area contributed by atoms with Crippen LogP contribution >= 0.6 is 15.9 Å². The van der Waals surface area contributed by atoms with Gasteiger partial charge in [-0.1, -0.05) is 25.3 Å². The van der Waals surface area contributed by atoms with Crippen molar-refractivity contribution in [1.29, 1.82) is 0 Å². The minimum atomic E-state index is 0.681. The summed E-state index contributed by atoms with van der Waals surface area (Å²) in [5, 5.41) is 0. The maximum Gasteiger partial charge on any atom is 0.129 e. The minimum Gasteiger partial charge on any atom is -0.357 e. The second kappa shape index (κ2) is 4.97. The third kappa shape index (κ3) is 2.71. The molecule has 0 saturated heterocycles. The molecule has 1 aromatic heterocycles. The van der Waals surface area contributed by atoms with Gasteiger partial charge in [-0.2, -0.15) is 0 Å². The Morgan fingerprint density at radius 3 is 2.67 bits per heavy atom. The normalized spacial score (nSPS) is 17.7. The zero-order valence-corrected chi connectivity index (χ0v) is 10.7. The highest BCUT2D eigenvalue weighted by Gasteiger charge is 2.18. The van der Waals surface area contributed by atoms with Gasteiger partial charge in [-0.15, -0.1) is 0 Å². The summed E-state index contributed by atoms with van der Waals surface area (Å²) in [4.78, 5) is 6.81. The number of hydrogen-bond donors (Lipinski definition) is 0. The molecule has 0 amide bonds. The Balaban J connectivity index is 2.08. The molecule has 0 N–H and O–H groups in total. The van der Waals surface area contributed by atoms with Crippen LogP contribution in [-0.2, 0) is 0 Å². The van der Waals surface area contributed by atoms with E-state index in [1.54, 1.807) is 0 Å². The summed E-state index contributed by atoms with van der Waals surface area (Å²) in [6.07, 6.45) is 6.75. The zero-order chi connectivity index (χ0) is 10.7. The van der Waals surface area contributed by atoms with Crippen LogP contribution in [0.5, 0.6) is 0 Å². The zero-order valence-electron chi connectivity index (χ0n) is 9.12. The Labute approximate surface area is 99.8 Å². The van der Waals surface area contributed by atoms with Crippen LogP contribution in [0.15, 0.2) is 22.8 Å². The van der Waals surface area contributed by atoms with Crippen LogP contribution in [0.3, 0.4) is 0 Å². The fourth-order valence-corrected chi connectivity index (χ4v) is 2.58. The fourth-order valence-electron chi connectivity index (χ4n) is 2.25. The summed E-state index contributed by atoms with van der Waals surface area (Å²) < 4.78 is 0.919. The molecule has 3 heteroatoms. The topological polar surface area (TPSA) is 16.1 Å². The lowest BCUT2D eigenvalue weighted by Crippen LogP contribution is -2.33. The van der Waals surface area contributed by atoms with Crippen LogP contribution in [-0.4, -0.2) is 18.1 Å². The lowest BCUT2D eigenvalue weighted by Gasteiger charge is -2.32. The average Bonchev–Trinajstić information content (AvgIpc) is 2.29. The van der Waals surface area contributed by atoms with Crippen LogP contribution < -0.4 is 4.90 Å². The third-order valence-corrected chi connectivity index (χ3v) is 3.63. The predicted octanol–water partition coefficient (Wildman–Crippen LogP) is 3.61. The van der Waals surface area contributed by atoms with Crippen molar-refractivity contribution in [2.75, 3.05) is 11.9 Å². The fraction of sp³-hybridized carbons (Fsp3) is 0.583. The highest BCUT2D eigenvalue weighted by Crippen LogP contribution is 2.25. The van der Waals surface area contributed by atoms with Gasteiger partial charge in [-0.05, 0) is 40.9 Å². The molecule has 2 rings (SSSR count). The van der Waals surface area contributed by atoms with E-state index in [0.717, 1.165) is 10.4 Å². The lowest BCUT2D eigenvalue weighted by atomic mass is 9.94. The molecule has 0 spiro atoms. The highest BCUT2D eigenvalue weighted by atomic mass is 79.9. The molecular weight excluding hydrogens is 252 g/mol. The molecule has 0 atom stereocenters. The predicted molar refractivity (Wildman–Crippen MR) is 67.2 cm³/mol. The van der Waals surface area contributed by atoms with Crippen molar-refractivity contribution < 1.29 is 0 Å². The first-order chi connectivity index (χ1) is 7.27. The molecule has 0 radical (unpaired) electrons. The molecule has 0 aliphatic heterocycles. The Bertz CT molecular complexity index is 321. The van der Waals surface area contributed by atoms with Crippen LogP contribution in [0.2, 0.25) is 0 Å². The van der Waals surface area contributed by atoms with Gasteiger partial charge in [0.2, 0.25) is 0 Å². The van der Waals surface area contributed by atoms with Crippen molar-refractivity contribution in [3.05, 3.63) is 22.8 Å². The Hall–Kier alpha value is -0.570. The second-order valence-electron chi connectivity index (χ2n) is 4.22. The van der Waals surface area contributed by atoms with Gasteiger partial charge in [0.25, 0.3) is 0 Å². The number of nitrogens with zero attached hydrogens (tertiary/aromatic N) is 2. The quantitative estimate of drug-likeness (QED) is 0.762. The number of pyridine rings is 1. The van der Waals surface area contributed by atoms with E-state index in [2.05, 4.69) is 38.9 Å². The van der Waals surface area contributed by atoms with E-state index in [1.165, 1.54) is 32.1 Å². The molecule has 1 aliphatic rings. The molecule has 0 bridgehead atoms. The third-order valence-electron chi connectivity index (χ3n) is 3.18. The number of hydrogen-bond acceptors (Lipinski definition) is 2. The largest absolute Gasteiger partial charge is 0.357 e. The first-order valence-electron chi connectivity index (χ1n) is 5.63. The molecule has 0 unspecified atom stereocenters. The number of rotatable bonds is 2. The van der Waals surface area contributed by atoms with Crippen LogP contribution in [0.4, 0.5) is 5.82 Å². The first kappa shape index (κ1) is 10.9. The molecule has 1 aliphatic carbocycles. The second-order valence-corrected chi connectivity index (χ2v) is 5.03. The van der Waals surface area contributed by atoms with Crippen molar-refractivity contribution in [2.24, 2.45) is 0 Å². The first-order valence-corrected chi connectivity index (χ1v) is 6.42. The molecule has 15 heavy (non-hydrogen) atoms. The lowest BCUT2D eigenvalue weighted by molar-refractivity contribution is 0.426. The molecule has 1 fully saturated rings. The molecular formula is C12H17BrN2. The van der Waals surface area contributed by atoms with Gasteiger partial charge in [0.15, 0.2) is 0 Å². The van der Waals surface area contributed by atoms with Crippen molar-refractivity contribution in [3.63, 3.8) is 0 Å². The molecule has 82 valence electrons. The maximum atomic E-state index is 4.49. The van der Waals surface area contributed by atoms with Crippen molar-refractivity contribution in [3.8, 4) is 0 Å². The smallest absolute Gasteiger partial charge is 0.129 e. The monoisotopic (exact) mass is 268 g/mol. The molecule has 1 aromatic rings. The van der Waals surface area contributed by atoms with Gasteiger partial charge in [0.1, 0.15) is 10.4 Å². The summed E-state index contributed by atoms with van der Waals surface area (Å²) in [6.45, 7) is 0. The van der Waals surface area contributed by atoms with Gasteiger partial charge in [0, 0.05) is 13.1 Å². The summed E-state index contributed by atoms with van der Waals surface area (Å²) in [5.74, 6) is 1.08. The molecule has 1 saturated carbocycles. The Morgan fingerprint density at radius 2 is 2.00 bits per heavy atom.